The van der Waals surface area contributed by atoms with E-state index in [1.54, 1.807) is 24.3 Å². The number of ether oxygens (including phenoxy) is 3. The smallest absolute Gasteiger partial charge is 0.331 e. The van der Waals surface area contributed by atoms with Crippen molar-refractivity contribution in [2.24, 2.45) is 0 Å². The maximum atomic E-state index is 11.9. The van der Waals surface area contributed by atoms with Gasteiger partial charge in [0.2, 0.25) is 0 Å². The minimum absolute atomic E-state index is 0.370. The van der Waals surface area contributed by atoms with Crippen molar-refractivity contribution in [2.45, 2.75) is 6.92 Å². The largest absolute Gasteiger partial charge is 0.486 e. The van der Waals surface area contributed by atoms with Crippen molar-refractivity contribution in [3.05, 3.63) is 59.7 Å². The number of benzene rings is 2. The summed E-state index contributed by atoms with van der Waals surface area (Å²) in [4.78, 5) is 23.7. The van der Waals surface area contributed by atoms with Crippen LogP contribution in [0.2, 0.25) is 0 Å². The van der Waals surface area contributed by atoms with E-state index >= 15 is 0 Å². The first-order chi connectivity index (χ1) is 12.6. The van der Waals surface area contributed by atoms with Gasteiger partial charge in [-0.3, -0.25) is 4.79 Å². The van der Waals surface area contributed by atoms with Gasteiger partial charge < -0.3 is 19.5 Å². The van der Waals surface area contributed by atoms with Gasteiger partial charge in [0, 0.05) is 17.8 Å². The number of hydrogen-bond acceptors (Lipinski definition) is 5. The maximum Gasteiger partial charge on any atom is 0.331 e. The number of amides is 1. The van der Waals surface area contributed by atoms with Crippen LogP contribution in [0.15, 0.2) is 48.5 Å². The Balaban J connectivity index is 1.49. The number of rotatable bonds is 5. The molecular formula is C20H19NO5. The third kappa shape index (κ3) is 4.63. The number of esters is 1. The lowest BCUT2D eigenvalue weighted by molar-refractivity contribution is -0.142. The van der Waals surface area contributed by atoms with Crippen LogP contribution in [0.1, 0.15) is 11.1 Å². The Bertz CT molecular complexity index is 844. The summed E-state index contributed by atoms with van der Waals surface area (Å²) in [6.45, 7) is 2.55. The minimum Gasteiger partial charge on any atom is -0.486 e. The number of aryl methyl sites for hydroxylation is 1. The Morgan fingerprint density at radius 2 is 1.88 bits per heavy atom. The molecule has 0 fully saturated rings. The Morgan fingerprint density at radius 3 is 2.69 bits per heavy atom. The number of carbonyl (C=O) groups excluding carboxylic acids is 2. The predicted octanol–water partition coefficient (Wildman–Crippen LogP) is 2.96. The monoisotopic (exact) mass is 353 g/mol. The van der Waals surface area contributed by atoms with Crippen molar-refractivity contribution in [3.63, 3.8) is 0 Å². The van der Waals surface area contributed by atoms with E-state index in [1.807, 2.05) is 31.2 Å². The summed E-state index contributed by atoms with van der Waals surface area (Å²) in [6.07, 6.45) is 2.97. The molecular weight excluding hydrogens is 334 g/mol. The fourth-order valence-electron chi connectivity index (χ4n) is 2.43. The number of carbonyl (C=O) groups is 2. The normalized spacial score (nSPS) is 12.7. The number of fused-ring (bicyclic) bond motifs is 1. The van der Waals surface area contributed by atoms with Crippen molar-refractivity contribution in [2.75, 3.05) is 25.1 Å². The highest BCUT2D eigenvalue weighted by Gasteiger charge is 2.13. The summed E-state index contributed by atoms with van der Waals surface area (Å²) in [7, 11) is 0. The summed E-state index contributed by atoms with van der Waals surface area (Å²) >= 11 is 0. The average Bonchev–Trinajstić information content (AvgIpc) is 2.65. The van der Waals surface area contributed by atoms with Crippen LogP contribution in [-0.2, 0) is 14.3 Å². The molecule has 134 valence electrons. The van der Waals surface area contributed by atoms with E-state index in [9.17, 15) is 9.59 Å². The second-order valence-corrected chi connectivity index (χ2v) is 5.70. The standard InChI is InChI=1S/C20H19NO5/c1-14-4-2-3-5-15(14)6-9-20(23)26-13-19(22)21-16-7-8-17-18(12-16)25-11-10-24-17/h2-9,12H,10-11,13H2,1H3,(H,21,22)/b9-6+. The molecule has 1 N–H and O–H groups in total. The van der Waals surface area contributed by atoms with Gasteiger partial charge >= 0.3 is 5.97 Å². The molecule has 0 unspecified atom stereocenters. The zero-order chi connectivity index (χ0) is 18.4. The van der Waals surface area contributed by atoms with Crippen LogP contribution in [0.4, 0.5) is 5.69 Å². The SMILES string of the molecule is Cc1ccccc1/C=C/C(=O)OCC(=O)Nc1ccc2c(c1)OCCO2. The van der Waals surface area contributed by atoms with Gasteiger partial charge in [-0.25, -0.2) is 4.79 Å². The maximum absolute atomic E-state index is 11.9. The molecule has 2 aromatic rings. The third-order valence-corrected chi connectivity index (χ3v) is 3.76. The van der Waals surface area contributed by atoms with Crippen LogP contribution in [0.3, 0.4) is 0 Å². The topological polar surface area (TPSA) is 73.9 Å². The summed E-state index contributed by atoms with van der Waals surface area (Å²) in [6, 6.07) is 12.8. The minimum atomic E-state index is -0.578. The van der Waals surface area contributed by atoms with Gasteiger partial charge in [0.05, 0.1) is 0 Å². The molecule has 0 aromatic heterocycles. The molecule has 1 aliphatic heterocycles. The lowest BCUT2D eigenvalue weighted by Crippen LogP contribution is -2.20. The average molecular weight is 353 g/mol. The Labute approximate surface area is 151 Å². The van der Waals surface area contributed by atoms with Gasteiger partial charge in [-0.2, -0.15) is 0 Å². The molecule has 0 spiro atoms. The lowest BCUT2D eigenvalue weighted by atomic mass is 10.1. The van der Waals surface area contributed by atoms with Crippen LogP contribution in [0.25, 0.3) is 6.08 Å². The predicted molar refractivity (Wildman–Crippen MR) is 97.2 cm³/mol. The molecule has 26 heavy (non-hydrogen) atoms. The summed E-state index contributed by atoms with van der Waals surface area (Å²) in [5.74, 6) is 0.208. The number of hydrogen-bond donors (Lipinski definition) is 1. The highest BCUT2D eigenvalue weighted by molar-refractivity contribution is 5.94. The molecule has 6 nitrogen and oxygen atoms in total. The zero-order valence-corrected chi connectivity index (χ0v) is 14.4. The van der Waals surface area contributed by atoms with Gasteiger partial charge in [-0.15, -0.1) is 0 Å². The van der Waals surface area contributed by atoms with Crippen molar-refractivity contribution in [1.82, 2.24) is 0 Å². The molecule has 0 saturated carbocycles. The van der Waals surface area contributed by atoms with Crippen molar-refractivity contribution < 1.29 is 23.8 Å². The van der Waals surface area contributed by atoms with E-state index in [1.165, 1.54) is 6.08 Å². The Kier molecular flexibility index (Phi) is 5.53. The molecule has 2 aromatic carbocycles. The Hall–Kier alpha value is -3.28. The number of nitrogens with one attached hydrogen (secondary N) is 1. The molecule has 0 aliphatic carbocycles. The van der Waals surface area contributed by atoms with Gasteiger partial charge in [0.1, 0.15) is 13.2 Å². The first kappa shape index (κ1) is 17.5. The number of anilines is 1. The molecule has 0 radical (unpaired) electrons. The van der Waals surface area contributed by atoms with Crippen molar-refractivity contribution >= 4 is 23.6 Å². The molecule has 1 heterocycles. The van der Waals surface area contributed by atoms with Crippen LogP contribution in [0.5, 0.6) is 11.5 Å². The highest BCUT2D eigenvalue weighted by Crippen LogP contribution is 2.32. The lowest BCUT2D eigenvalue weighted by Gasteiger charge is -2.18. The van der Waals surface area contributed by atoms with E-state index in [4.69, 9.17) is 14.2 Å². The fourth-order valence-corrected chi connectivity index (χ4v) is 2.43. The molecule has 0 saturated heterocycles. The van der Waals surface area contributed by atoms with Gasteiger partial charge in [0.25, 0.3) is 5.91 Å². The second-order valence-electron chi connectivity index (χ2n) is 5.70. The highest BCUT2D eigenvalue weighted by atomic mass is 16.6. The van der Waals surface area contributed by atoms with Crippen LogP contribution >= 0.6 is 0 Å². The van der Waals surface area contributed by atoms with Gasteiger partial charge in [-0.05, 0) is 36.3 Å². The summed E-state index contributed by atoms with van der Waals surface area (Å²) in [5.41, 5.74) is 2.52. The second kappa shape index (κ2) is 8.20. The van der Waals surface area contributed by atoms with E-state index in [0.29, 0.717) is 30.4 Å². The van der Waals surface area contributed by atoms with E-state index < -0.39 is 11.9 Å². The van der Waals surface area contributed by atoms with Crippen LogP contribution < -0.4 is 14.8 Å². The first-order valence-corrected chi connectivity index (χ1v) is 8.22. The first-order valence-electron chi connectivity index (χ1n) is 8.22. The summed E-state index contributed by atoms with van der Waals surface area (Å²) in [5, 5.41) is 2.65. The van der Waals surface area contributed by atoms with Crippen molar-refractivity contribution in [1.29, 1.82) is 0 Å². The van der Waals surface area contributed by atoms with Crippen LogP contribution in [-0.4, -0.2) is 31.7 Å². The zero-order valence-electron chi connectivity index (χ0n) is 14.4. The van der Waals surface area contributed by atoms with Gasteiger partial charge in [0.15, 0.2) is 18.1 Å². The summed E-state index contributed by atoms with van der Waals surface area (Å²) < 4.78 is 15.8. The molecule has 0 atom stereocenters. The molecule has 6 heteroatoms. The van der Waals surface area contributed by atoms with Gasteiger partial charge in [-0.1, -0.05) is 24.3 Å². The van der Waals surface area contributed by atoms with Crippen LogP contribution in [0, 0.1) is 6.92 Å². The van der Waals surface area contributed by atoms with Crippen molar-refractivity contribution in [3.8, 4) is 11.5 Å². The van der Waals surface area contributed by atoms with E-state index in [-0.39, 0.29) is 6.61 Å². The quantitative estimate of drug-likeness (QED) is 0.661. The third-order valence-electron chi connectivity index (χ3n) is 3.76. The fraction of sp³-hybridized carbons (Fsp3) is 0.200. The molecule has 3 rings (SSSR count). The molecule has 0 bridgehead atoms. The van der Waals surface area contributed by atoms with E-state index in [2.05, 4.69) is 5.32 Å². The van der Waals surface area contributed by atoms with E-state index in [0.717, 1.165) is 11.1 Å². The Morgan fingerprint density at radius 1 is 1.12 bits per heavy atom. The molecule has 1 amide bonds. The molecule has 1 aliphatic rings.